The number of aliphatic hydroxyl groups is 1. The Bertz CT molecular complexity index is 582. The molecule has 124 valence electrons. The number of benzene rings is 2. The van der Waals surface area contributed by atoms with Crippen molar-refractivity contribution >= 4 is 22.6 Å². The predicted molar refractivity (Wildman–Crippen MR) is 101 cm³/mol. The quantitative estimate of drug-likeness (QED) is 0.655. The smallest absolute Gasteiger partial charge is 0.162 e. The first-order valence-electron chi connectivity index (χ1n) is 7.85. The van der Waals surface area contributed by atoms with Crippen molar-refractivity contribution in [3.8, 4) is 11.5 Å². The van der Waals surface area contributed by atoms with E-state index in [1.54, 1.807) is 0 Å². The molecule has 0 aromatic heterocycles. The van der Waals surface area contributed by atoms with Crippen molar-refractivity contribution in [2.45, 2.75) is 25.9 Å². The second kappa shape index (κ2) is 9.78. The first-order chi connectivity index (χ1) is 11.3. The first kappa shape index (κ1) is 18.1. The third-order valence-electron chi connectivity index (χ3n) is 3.62. The minimum Gasteiger partial charge on any atom is -0.490 e. The molecule has 23 heavy (non-hydrogen) atoms. The maximum absolute atomic E-state index is 7.00. The minimum atomic E-state index is 0.569. The van der Waals surface area contributed by atoms with Crippen LogP contribution in [0.15, 0.2) is 48.5 Å². The van der Waals surface area contributed by atoms with E-state index in [2.05, 4.69) is 40.8 Å². The van der Waals surface area contributed by atoms with Crippen LogP contribution in [-0.2, 0) is 6.61 Å². The molecule has 0 heterocycles. The van der Waals surface area contributed by atoms with Crippen molar-refractivity contribution in [3.05, 3.63) is 57.7 Å². The van der Waals surface area contributed by atoms with Crippen LogP contribution in [0.1, 0.15) is 24.8 Å². The van der Waals surface area contributed by atoms with Gasteiger partial charge in [-0.2, -0.15) is 0 Å². The molecule has 0 radical (unpaired) electrons. The Labute approximate surface area is 151 Å². The molecule has 2 aromatic carbocycles. The normalized spacial score (nSPS) is 13.0. The third kappa shape index (κ3) is 6.39. The standard InChI is InChI=1S/C18H19IO2.CH4O/c19-16-8-9-17(20-11-10-14-6-7-14)18(12-16)21-13-15-4-2-1-3-5-15;1-2/h1-5,8-9,12,14H,6-7,10-11,13H2;2H,1H3. The van der Waals surface area contributed by atoms with Crippen LogP contribution in [0.25, 0.3) is 0 Å². The number of hydrogen-bond acceptors (Lipinski definition) is 3. The Kier molecular flexibility index (Phi) is 7.68. The fourth-order valence-corrected chi connectivity index (χ4v) is 2.65. The van der Waals surface area contributed by atoms with Gasteiger partial charge in [-0.15, -0.1) is 0 Å². The van der Waals surface area contributed by atoms with E-state index in [4.69, 9.17) is 14.6 Å². The van der Waals surface area contributed by atoms with E-state index in [0.29, 0.717) is 6.61 Å². The summed E-state index contributed by atoms with van der Waals surface area (Å²) in [5, 5.41) is 7.00. The Balaban J connectivity index is 0.000000924. The van der Waals surface area contributed by atoms with Crippen molar-refractivity contribution < 1.29 is 14.6 Å². The van der Waals surface area contributed by atoms with Crippen molar-refractivity contribution in [2.24, 2.45) is 5.92 Å². The highest BCUT2D eigenvalue weighted by molar-refractivity contribution is 14.1. The van der Waals surface area contributed by atoms with Crippen LogP contribution >= 0.6 is 22.6 Å². The van der Waals surface area contributed by atoms with Crippen LogP contribution in [-0.4, -0.2) is 18.8 Å². The van der Waals surface area contributed by atoms with Gasteiger partial charge in [0.2, 0.25) is 0 Å². The number of hydrogen-bond donors (Lipinski definition) is 1. The summed E-state index contributed by atoms with van der Waals surface area (Å²) in [6, 6.07) is 16.3. The summed E-state index contributed by atoms with van der Waals surface area (Å²) in [5.74, 6) is 2.58. The van der Waals surface area contributed by atoms with E-state index in [9.17, 15) is 0 Å². The molecule has 0 atom stereocenters. The molecule has 0 amide bonds. The SMILES string of the molecule is CO.Ic1ccc(OCCC2CC2)c(OCc2ccccc2)c1. The Morgan fingerprint density at radius 2 is 1.74 bits per heavy atom. The van der Waals surface area contributed by atoms with E-state index in [-0.39, 0.29) is 0 Å². The van der Waals surface area contributed by atoms with Crippen LogP contribution in [0.2, 0.25) is 0 Å². The molecular weight excluding hydrogens is 403 g/mol. The summed E-state index contributed by atoms with van der Waals surface area (Å²) in [6.07, 6.45) is 3.89. The Morgan fingerprint density at radius 3 is 2.43 bits per heavy atom. The maximum atomic E-state index is 7.00. The molecule has 4 heteroatoms. The zero-order valence-corrected chi connectivity index (χ0v) is 15.5. The lowest BCUT2D eigenvalue weighted by Crippen LogP contribution is -2.02. The van der Waals surface area contributed by atoms with Gasteiger partial charge < -0.3 is 14.6 Å². The molecule has 1 fully saturated rings. The van der Waals surface area contributed by atoms with E-state index in [0.717, 1.165) is 41.1 Å². The van der Waals surface area contributed by atoms with E-state index < -0.39 is 0 Å². The molecule has 1 N–H and O–H groups in total. The van der Waals surface area contributed by atoms with Crippen molar-refractivity contribution in [2.75, 3.05) is 13.7 Å². The fraction of sp³-hybridized carbons (Fsp3) is 0.368. The lowest BCUT2D eigenvalue weighted by atomic mass is 10.2. The van der Waals surface area contributed by atoms with Gasteiger partial charge >= 0.3 is 0 Å². The van der Waals surface area contributed by atoms with Crippen LogP contribution in [0.5, 0.6) is 11.5 Å². The zero-order chi connectivity index (χ0) is 16.5. The van der Waals surface area contributed by atoms with Gasteiger partial charge in [0.15, 0.2) is 11.5 Å². The highest BCUT2D eigenvalue weighted by atomic mass is 127. The lowest BCUT2D eigenvalue weighted by Gasteiger charge is -2.13. The van der Waals surface area contributed by atoms with Crippen LogP contribution in [0, 0.1) is 9.49 Å². The zero-order valence-electron chi connectivity index (χ0n) is 13.4. The topological polar surface area (TPSA) is 38.7 Å². The Morgan fingerprint density at radius 1 is 1.00 bits per heavy atom. The lowest BCUT2D eigenvalue weighted by molar-refractivity contribution is 0.256. The molecule has 0 bridgehead atoms. The van der Waals surface area contributed by atoms with E-state index >= 15 is 0 Å². The van der Waals surface area contributed by atoms with Gasteiger partial charge in [0.1, 0.15) is 6.61 Å². The molecule has 0 unspecified atom stereocenters. The van der Waals surface area contributed by atoms with E-state index in [1.807, 2.05) is 30.3 Å². The molecular formula is C19H23IO3. The number of aliphatic hydroxyl groups excluding tert-OH is 1. The average molecular weight is 426 g/mol. The highest BCUT2D eigenvalue weighted by Gasteiger charge is 2.21. The summed E-state index contributed by atoms with van der Waals surface area (Å²) in [7, 11) is 1.00. The molecule has 1 aliphatic carbocycles. The van der Waals surface area contributed by atoms with Gasteiger partial charge in [-0.1, -0.05) is 43.2 Å². The van der Waals surface area contributed by atoms with Crippen molar-refractivity contribution in [1.82, 2.24) is 0 Å². The van der Waals surface area contributed by atoms with E-state index in [1.165, 1.54) is 18.4 Å². The number of halogens is 1. The molecule has 2 aromatic rings. The average Bonchev–Trinajstić information content (AvgIpc) is 3.42. The van der Waals surface area contributed by atoms with Gasteiger partial charge in [0.25, 0.3) is 0 Å². The highest BCUT2D eigenvalue weighted by Crippen LogP contribution is 2.34. The van der Waals surface area contributed by atoms with Gasteiger partial charge in [0.05, 0.1) is 6.61 Å². The van der Waals surface area contributed by atoms with Gasteiger partial charge in [-0.3, -0.25) is 0 Å². The third-order valence-corrected chi connectivity index (χ3v) is 4.29. The number of ether oxygens (including phenoxy) is 2. The molecule has 3 rings (SSSR count). The van der Waals surface area contributed by atoms with Crippen LogP contribution in [0.4, 0.5) is 0 Å². The molecule has 0 saturated heterocycles. The summed E-state index contributed by atoms with van der Waals surface area (Å²) < 4.78 is 13.0. The molecule has 3 nitrogen and oxygen atoms in total. The largest absolute Gasteiger partial charge is 0.490 e. The fourth-order valence-electron chi connectivity index (χ4n) is 2.19. The van der Waals surface area contributed by atoms with Crippen LogP contribution in [0.3, 0.4) is 0 Å². The molecule has 1 aliphatic rings. The second-order valence-corrected chi connectivity index (χ2v) is 6.69. The van der Waals surface area contributed by atoms with Gasteiger partial charge in [0, 0.05) is 10.7 Å². The predicted octanol–water partition coefficient (Wildman–Crippen LogP) is 4.66. The summed E-state index contributed by atoms with van der Waals surface area (Å²) in [6.45, 7) is 1.35. The summed E-state index contributed by atoms with van der Waals surface area (Å²) >= 11 is 2.30. The molecule has 0 spiro atoms. The van der Waals surface area contributed by atoms with Crippen molar-refractivity contribution in [1.29, 1.82) is 0 Å². The maximum Gasteiger partial charge on any atom is 0.162 e. The van der Waals surface area contributed by atoms with Crippen molar-refractivity contribution in [3.63, 3.8) is 0 Å². The minimum absolute atomic E-state index is 0.569. The number of rotatable bonds is 7. The monoisotopic (exact) mass is 426 g/mol. The summed E-state index contributed by atoms with van der Waals surface area (Å²) in [5.41, 5.74) is 1.17. The molecule has 1 saturated carbocycles. The first-order valence-corrected chi connectivity index (χ1v) is 8.93. The molecule has 0 aliphatic heterocycles. The Hall–Kier alpha value is -1.27. The second-order valence-electron chi connectivity index (χ2n) is 5.45. The summed E-state index contributed by atoms with van der Waals surface area (Å²) in [4.78, 5) is 0. The van der Waals surface area contributed by atoms with Crippen LogP contribution < -0.4 is 9.47 Å². The van der Waals surface area contributed by atoms with Gasteiger partial charge in [-0.05, 0) is 58.7 Å². The van der Waals surface area contributed by atoms with Gasteiger partial charge in [-0.25, -0.2) is 0 Å².